The van der Waals surface area contributed by atoms with Gasteiger partial charge in [0.25, 0.3) is 0 Å². The summed E-state index contributed by atoms with van der Waals surface area (Å²) >= 11 is 0. The molecule has 0 spiro atoms. The van der Waals surface area contributed by atoms with E-state index in [9.17, 15) is 9.59 Å². The molecule has 180 valence electrons. The third kappa shape index (κ3) is 6.45. The number of nitrogens with zero attached hydrogens (tertiary/aromatic N) is 3. The largest absolute Gasteiger partial charge is 0.444 e. The molecule has 1 aliphatic rings. The van der Waals surface area contributed by atoms with E-state index in [-0.39, 0.29) is 12.0 Å². The number of nitrogens with two attached hydrogens (primary N) is 1. The normalized spacial score (nSPS) is 15.1. The van der Waals surface area contributed by atoms with Crippen LogP contribution in [0.5, 0.6) is 0 Å². The van der Waals surface area contributed by atoms with Gasteiger partial charge in [0.2, 0.25) is 5.91 Å². The molecule has 4 rings (SSSR count). The fourth-order valence-corrected chi connectivity index (χ4v) is 3.58. The third-order valence-electron chi connectivity index (χ3n) is 5.09. The van der Waals surface area contributed by atoms with Crippen LogP contribution in [0.15, 0.2) is 66.9 Å². The summed E-state index contributed by atoms with van der Waals surface area (Å²) in [6.07, 6.45) is 1.97. The Labute approximate surface area is 200 Å². The number of hydrogen-bond donors (Lipinski definition) is 2. The molecule has 0 aliphatic carbocycles. The molecule has 0 fully saturated rings. The summed E-state index contributed by atoms with van der Waals surface area (Å²) in [5, 5.41) is 7.10. The van der Waals surface area contributed by atoms with Crippen LogP contribution in [0.4, 0.5) is 10.6 Å². The van der Waals surface area contributed by atoms with E-state index in [4.69, 9.17) is 10.5 Å². The minimum Gasteiger partial charge on any atom is -0.444 e. The molecule has 1 aliphatic heterocycles. The summed E-state index contributed by atoms with van der Waals surface area (Å²) in [6, 6.07) is 19.1. The zero-order valence-corrected chi connectivity index (χ0v) is 20.2. The summed E-state index contributed by atoms with van der Waals surface area (Å²) < 4.78 is 6.92. The molecule has 1 aromatic heterocycles. The van der Waals surface area contributed by atoms with E-state index in [0.29, 0.717) is 19.5 Å². The van der Waals surface area contributed by atoms with Crippen molar-refractivity contribution in [3.8, 4) is 5.69 Å². The minimum absolute atomic E-state index is 0.0346. The van der Waals surface area contributed by atoms with Crippen molar-refractivity contribution in [3.63, 3.8) is 0 Å². The first-order valence-corrected chi connectivity index (χ1v) is 11.4. The van der Waals surface area contributed by atoms with E-state index >= 15 is 0 Å². The van der Waals surface area contributed by atoms with Crippen molar-refractivity contribution < 1.29 is 14.3 Å². The van der Waals surface area contributed by atoms with Gasteiger partial charge in [-0.1, -0.05) is 48.5 Å². The van der Waals surface area contributed by atoms with Gasteiger partial charge in [-0.3, -0.25) is 9.69 Å². The summed E-state index contributed by atoms with van der Waals surface area (Å²) in [6.45, 7) is 8.56. The van der Waals surface area contributed by atoms with Crippen molar-refractivity contribution >= 4 is 17.8 Å². The van der Waals surface area contributed by atoms with Crippen molar-refractivity contribution in [1.82, 2.24) is 15.1 Å². The Kier molecular flexibility index (Phi) is 8.07. The maximum Gasteiger partial charge on any atom is 0.407 e. The molecule has 2 aromatic carbocycles. The highest BCUT2D eigenvalue weighted by atomic mass is 16.6. The highest BCUT2D eigenvalue weighted by Crippen LogP contribution is 2.29. The Balaban J connectivity index is 0.000000197. The quantitative estimate of drug-likeness (QED) is 0.612. The summed E-state index contributed by atoms with van der Waals surface area (Å²) in [5.41, 5.74) is 8.47. The average Bonchev–Trinajstić information content (AvgIpc) is 3.22. The number of anilines is 1. The lowest BCUT2D eigenvalue weighted by Crippen LogP contribution is -2.49. The first-order chi connectivity index (χ1) is 16.2. The lowest BCUT2D eigenvalue weighted by molar-refractivity contribution is -0.120. The van der Waals surface area contributed by atoms with Crippen LogP contribution in [-0.4, -0.2) is 40.0 Å². The standard InChI is InChI=1S/C14H16N4O.C12H17NO2/c1-2-17-13-10(8-12(15)14(17)19)9-16-18(13)11-6-4-3-5-7-11;1-12(2,3)15-11(14)13-9-10-7-5-4-6-8-10/h3-7,9,12H,2,8,15H2,1H3;4-8H,9H2,1-3H3,(H,13,14). The van der Waals surface area contributed by atoms with Crippen molar-refractivity contribution in [2.24, 2.45) is 5.73 Å². The number of alkyl carbamates (subject to hydrolysis) is 1. The van der Waals surface area contributed by atoms with Crippen LogP contribution < -0.4 is 16.0 Å². The van der Waals surface area contributed by atoms with Gasteiger partial charge in [-0.25, -0.2) is 9.48 Å². The predicted molar refractivity (Wildman–Crippen MR) is 133 cm³/mol. The highest BCUT2D eigenvalue weighted by molar-refractivity contribution is 5.99. The fourth-order valence-electron chi connectivity index (χ4n) is 3.58. The summed E-state index contributed by atoms with van der Waals surface area (Å²) in [7, 11) is 0. The van der Waals surface area contributed by atoms with E-state index in [1.807, 2.05) is 93.0 Å². The number of carbonyl (C=O) groups is 2. The smallest absolute Gasteiger partial charge is 0.407 e. The molecule has 0 radical (unpaired) electrons. The van der Waals surface area contributed by atoms with E-state index < -0.39 is 11.6 Å². The van der Waals surface area contributed by atoms with Crippen molar-refractivity contribution in [3.05, 3.63) is 78.0 Å². The van der Waals surface area contributed by atoms with Crippen LogP contribution in [0.1, 0.15) is 38.8 Å². The topological polar surface area (TPSA) is 102 Å². The molecule has 1 unspecified atom stereocenters. The number of rotatable bonds is 4. The SMILES string of the molecule is CC(C)(C)OC(=O)NCc1ccccc1.CCN1C(=O)C(N)Cc2cnn(-c3ccccc3)c21. The molecule has 34 heavy (non-hydrogen) atoms. The van der Waals surface area contributed by atoms with Crippen molar-refractivity contribution in [2.45, 2.75) is 52.3 Å². The molecule has 0 bridgehead atoms. The van der Waals surface area contributed by atoms with Gasteiger partial charge in [-0.15, -0.1) is 0 Å². The van der Waals surface area contributed by atoms with Gasteiger partial charge < -0.3 is 15.8 Å². The zero-order valence-electron chi connectivity index (χ0n) is 20.2. The van der Waals surface area contributed by atoms with Crippen molar-refractivity contribution in [2.75, 3.05) is 11.4 Å². The number of likely N-dealkylation sites (N-methyl/N-ethyl adjacent to an activating group) is 1. The second-order valence-electron chi connectivity index (χ2n) is 8.97. The number of ether oxygens (including phenoxy) is 1. The Bertz CT molecular complexity index is 1090. The van der Waals surface area contributed by atoms with Crippen LogP contribution in [-0.2, 0) is 22.5 Å². The van der Waals surface area contributed by atoms with Gasteiger partial charge in [-0.2, -0.15) is 5.10 Å². The molecular formula is C26H33N5O3. The van der Waals surface area contributed by atoms with Gasteiger partial charge >= 0.3 is 6.09 Å². The number of aromatic nitrogens is 2. The molecular weight excluding hydrogens is 430 g/mol. The first-order valence-electron chi connectivity index (χ1n) is 11.4. The minimum atomic E-state index is -0.458. The van der Waals surface area contributed by atoms with E-state index in [2.05, 4.69) is 10.4 Å². The summed E-state index contributed by atoms with van der Waals surface area (Å²) in [4.78, 5) is 25.2. The Morgan fingerprint density at radius 2 is 1.74 bits per heavy atom. The van der Waals surface area contributed by atoms with Crippen LogP contribution in [0.25, 0.3) is 5.69 Å². The maximum atomic E-state index is 12.2. The number of nitrogens with one attached hydrogen (secondary N) is 1. The number of benzene rings is 2. The monoisotopic (exact) mass is 463 g/mol. The molecule has 2 amide bonds. The maximum absolute atomic E-state index is 12.2. The van der Waals surface area contributed by atoms with Gasteiger partial charge in [0, 0.05) is 25.1 Å². The van der Waals surface area contributed by atoms with Gasteiger partial charge in [0.15, 0.2) is 0 Å². The molecule has 8 heteroatoms. The molecule has 8 nitrogen and oxygen atoms in total. The highest BCUT2D eigenvalue weighted by Gasteiger charge is 2.33. The second kappa shape index (κ2) is 11.0. The van der Waals surface area contributed by atoms with Gasteiger partial charge in [0.05, 0.1) is 17.9 Å². The zero-order chi connectivity index (χ0) is 24.7. The van der Waals surface area contributed by atoms with Crippen LogP contribution >= 0.6 is 0 Å². The molecule has 1 atom stereocenters. The van der Waals surface area contributed by atoms with Crippen LogP contribution in [0.3, 0.4) is 0 Å². The van der Waals surface area contributed by atoms with Crippen LogP contribution in [0.2, 0.25) is 0 Å². The molecule has 0 saturated heterocycles. The van der Waals surface area contributed by atoms with E-state index in [1.54, 1.807) is 11.1 Å². The number of amides is 2. The first kappa shape index (κ1) is 25.0. The second-order valence-corrected chi connectivity index (χ2v) is 8.97. The van der Waals surface area contributed by atoms with Gasteiger partial charge in [0.1, 0.15) is 11.4 Å². The number of para-hydroxylation sites is 1. The van der Waals surface area contributed by atoms with Crippen LogP contribution in [0, 0.1) is 0 Å². The molecule has 3 N–H and O–H groups in total. The lowest BCUT2D eigenvalue weighted by Gasteiger charge is -2.30. The Hall–Kier alpha value is -3.65. The lowest BCUT2D eigenvalue weighted by atomic mass is 10.0. The van der Waals surface area contributed by atoms with E-state index in [0.717, 1.165) is 22.6 Å². The predicted octanol–water partition coefficient (Wildman–Crippen LogP) is 3.82. The fraction of sp³-hybridized carbons (Fsp3) is 0.346. The summed E-state index contributed by atoms with van der Waals surface area (Å²) in [5.74, 6) is 0.813. The molecule has 3 aromatic rings. The average molecular weight is 464 g/mol. The number of carbonyl (C=O) groups excluding carboxylic acids is 2. The third-order valence-corrected chi connectivity index (χ3v) is 5.09. The Morgan fingerprint density at radius 3 is 2.32 bits per heavy atom. The molecule has 0 saturated carbocycles. The van der Waals surface area contributed by atoms with Gasteiger partial charge in [-0.05, 0) is 45.4 Å². The number of fused-ring (bicyclic) bond motifs is 1. The van der Waals surface area contributed by atoms with Crippen molar-refractivity contribution in [1.29, 1.82) is 0 Å². The number of hydrogen-bond acceptors (Lipinski definition) is 5. The Morgan fingerprint density at radius 1 is 1.12 bits per heavy atom. The van der Waals surface area contributed by atoms with E-state index in [1.165, 1.54) is 0 Å². The molecule has 2 heterocycles.